The molecule has 1 saturated carbocycles. The average molecular weight is 363 g/mol. The van der Waals surface area contributed by atoms with E-state index in [1.165, 1.54) is 12.8 Å². The van der Waals surface area contributed by atoms with E-state index in [1.54, 1.807) is 19.0 Å². The SMILES string of the molecule is Cc1cc2c(-c3cccc(C(=O)N(C)C)c3)cn(CCC3CC3)c(=O)c2[nH]1. The maximum atomic E-state index is 12.9. The molecule has 3 aromatic rings. The summed E-state index contributed by atoms with van der Waals surface area (Å²) in [6.07, 6.45) is 5.56. The van der Waals surface area contributed by atoms with Crippen LogP contribution in [0.4, 0.5) is 0 Å². The zero-order valence-electron chi connectivity index (χ0n) is 16.1. The van der Waals surface area contributed by atoms with Crippen molar-refractivity contribution in [2.24, 2.45) is 5.92 Å². The van der Waals surface area contributed by atoms with Crippen LogP contribution in [0.15, 0.2) is 41.3 Å². The predicted octanol–water partition coefficient (Wildman–Crippen LogP) is 3.81. The Kier molecular flexibility index (Phi) is 4.38. The number of aromatic nitrogens is 2. The number of hydrogen-bond acceptors (Lipinski definition) is 2. The summed E-state index contributed by atoms with van der Waals surface area (Å²) in [6.45, 7) is 2.70. The number of H-pyrrole nitrogens is 1. The number of nitrogens with zero attached hydrogens (tertiary/aromatic N) is 2. The lowest BCUT2D eigenvalue weighted by Crippen LogP contribution is -2.22. The number of benzene rings is 1. The Morgan fingerprint density at radius 3 is 2.74 bits per heavy atom. The molecule has 5 nitrogen and oxygen atoms in total. The molecule has 0 unspecified atom stereocenters. The third kappa shape index (κ3) is 3.42. The van der Waals surface area contributed by atoms with Gasteiger partial charge in [0.25, 0.3) is 11.5 Å². The lowest BCUT2D eigenvalue weighted by atomic mass is 10.0. The van der Waals surface area contributed by atoms with Crippen molar-refractivity contribution in [3.05, 3.63) is 58.1 Å². The van der Waals surface area contributed by atoms with Crippen LogP contribution >= 0.6 is 0 Å². The van der Waals surface area contributed by atoms with Gasteiger partial charge >= 0.3 is 0 Å². The number of nitrogens with one attached hydrogen (secondary N) is 1. The van der Waals surface area contributed by atoms with Gasteiger partial charge in [-0.15, -0.1) is 0 Å². The second-order valence-electron chi connectivity index (χ2n) is 7.79. The second kappa shape index (κ2) is 6.72. The highest BCUT2D eigenvalue weighted by atomic mass is 16.2. The number of carbonyl (C=O) groups is 1. The molecule has 2 aromatic heterocycles. The van der Waals surface area contributed by atoms with E-state index in [0.717, 1.165) is 41.1 Å². The Hall–Kier alpha value is -2.82. The quantitative estimate of drug-likeness (QED) is 0.749. The average Bonchev–Trinajstić information content (AvgIpc) is 3.40. The lowest BCUT2D eigenvalue weighted by Gasteiger charge is -2.13. The molecule has 0 aliphatic heterocycles. The van der Waals surface area contributed by atoms with E-state index in [-0.39, 0.29) is 11.5 Å². The van der Waals surface area contributed by atoms with Gasteiger partial charge in [0.05, 0.1) is 0 Å². The van der Waals surface area contributed by atoms with Crippen molar-refractivity contribution in [2.75, 3.05) is 14.1 Å². The summed E-state index contributed by atoms with van der Waals surface area (Å²) in [5.41, 5.74) is 4.22. The Labute approximate surface area is 158 Å². The summed E-state index contributed by atoms with van der Waals surface area (Å²) in [4.78, 5) is 30.1. The minimum absolute atomic E-state index is 0.0274. The third-order valence-corrected chi connectivity index (χ3v) is 5.30. The molecule has 1 N–H and O–H groups in total. The van der Waals surface area contributed by atoms with E-state index >= 15 is 0 Å². The molecule has 5 heteroatoms. The van der Waals surface area contributed by atoms with E-state index in [0.29, 0.717) is 11.1 Å². The van der Waals surface area contributed by atoms with Gasteiger partial charge in [-0.3, -0.25) is 9.59 Å². The molecule has 2 heterocycles. The van der Waals surface area contributed by atoms with Gasteiger partial charge in [0.1, 0.15) is 5.52 Å². The summed E-state index contributed by atoms with van der Waals surface area (Å²) in [7, 11) is 3.50. The van der Waals surface area contributed by atoms with Crippen LogP contribution in [-0.2, 0) is 6.54 Å². The van der Waals surface area contributed by atoms with Crippen molar-refractivity contribution in [3.8, 4) is 11.1 Å². The van der Waals surface area contributed by atoms with Crippen LogP contribution in [0.3, 0.4) is 0 Å². The van der Waals surface area contributed by atoms with E-state index in [1.807, 2.05) is 48.0 Å². The molecule has 1 fully saturated rings. The standard InChI is InChI=1S/C22H25N3O2/c1-14-11-18-19(16-5-4-6-17(12-16)21(26)24(2)3)13-25(10-9-15-7-8-15)22(27)20(18)23-14/h4-6,11-13,15,23H,7-10H2,1-3H3. The Balaban J connectivity index is 1.85. The predicted molar refractivity (Wildman–Crippen MR) is 108 cm³/mol. The van der Waals surface area contributed by atoms with Gasteiger partial charge in [0, 0.05) is 49.0 Å². The topological polar surface area (TPSA) is 58.1 Å². The van der Waals surface area contributed by atoms with E-state index in [4.69, 9.17) is 0 Å². The van der Waals surface area contributed by atoms with Gasteiger partial charge in [-0.1, -0.05) is 25.0 Å². The van der Waals surface area contributed by atoms with Crippen molar-refractivity contribution >= 4 is 16.8 Å². The molecule has 0 atom stereocenters. The summed E-state index contributed by atoms with van der Waals surface area (Å²) in [6, 6.07) is 9.65. The van der Waals surface area contributed by atoms with Crippen molar-refractivity contribution in [1.82, 2.24) is 14.5 Å². The van der Waals surface area contributed by atoms with Crippen molar-refractivity contribution < 1.29 is 4.79 Å². The monoisotopic (exact) mass is 363 g/mol. The van der Waals surface area contributed by atoms with Gasteiger partial charge in [-0.25, -0.2) is 0 Å². The maximum absolute atomic E-state index is 12.9. The van der Waals surface area contributed by atoms with Crippen molar-refractivity contribution in [3.63, 3.8) is 0 Å². The molecule has 1 aliphatic rings. The number of aromatic amines is 1. The normalized spacial score (nSPS) is 13.9. The van der Waals surface area contributed by atoms with E-state index in [2.05, 4.69) is 4.98 Å². The summed E-state index contributed by atoms with van der Waals surface area (Å²) < 4.78 is 1.83. The second-order valence-corrected chi connectivity index (χ2v) is 7.79. The van der Waals surface area contributed by atoms with E-state index < -0.39 is 0 Å². The first kappa shape index (κ1) is 17.6. The van der Waals surface area contributed by atoms with Gasteiger partial charge in [-0.05, 0) is 43.0 Å². The molecule has 27 heavy (non-hydrogen) atoms. The van der Waals surface area contributed by atoms with Crippen LogP contribution in [0.2, 0.25) is 0 Å². The highest BCUT2D eigenvalue weighted by molar-refractivity contribution is 5.98. The minimum Gasteiger partial charge on any atom is -0.354 e. The minimum atomic E-state index is -0.0274. The zero-order chi connectivity index (χ0) is 19.1. The summed E-state index contributed by atoms with van der Waals surface area (Å²) in [5.74, 6) is 0.739. The first-order valence-electron chi connectivity index (χ1n) is 9.49. The Morgan fingerprint density at radius 2 is 2.04 bits per heavy atom. The molecular formula is C22H25N3O2. The van der Waals surface area contributed by atoms with Crippen LogP contribution in [0, 0.1) is 12.8 Å². The maximum Gasteiger partial charge on any atom is 0.274 e. The highest BCUT2D eigenvalue weighted by Crippen LogP contribution is 2.33. The van der Waals surface area contributed by atoms with Crippen LogP contribution in [-0.4, -0.2) is 34.5 Å². The van der Waals surface area contributed by atoms with Crippen molar-refractivity contribution in [2.45, 2.75) is 32.7 Å². The number of fused-ring (bicyclic) bond motifs is 1. The van der Waals surface area contributed by atoms with Gasteiger partial charge in [-0.2, -0.15) is 0 Å². The molecule has 4 rings (SSSR count). The number of hydrogen-bond donors (Lipinski definition) is 1. The first-order valence-corrected chi connectivity index (χ1v) is 9.49. The summed E-state index contributed by atoms with van der Waals surface area (Å²) in [5, 5.41) is 0.912. The highest BCUT2D eigenvalue weighted by Gasteiger charge is 2.21. The number of rotatable bonds is 5. The van der Waals surface area contributed by atoms with E-state index in [9.17, 15) is 9.59 Å². The fourth-order valence-electron chi connectivity index (χ4n) is 3.60. The van der Waals surface area contributed by atoms with Crippen LogP contribution in [0.5, 0.6) is 0 Å². The Morgan fingerprint density at radius 1 is 1.26 bits per heavy atom. The van der Waals surface area contributed by atoms with Gasteiger partial charge < -0.3 is 14.5 Å². The van der Waals surface area contributed by atoms with Gasteiger partial charge in [0.2, 0.25) is 0 Å². The number of pyridine rings is 1. The largest absolute Gasteiger partial charge is 0.354 e. The fourth-order valence-corrected chi connectivity index (χ4v) is 3.60. The lowest BCUT2D eigenvalue weighted by molar-refractivity contribution is 0.0827. The first-order chi connectivity index (χ1) is 12.9. The molecule has 1 aromatic carbocycles. The molecule has 1 amide bonds. The smallest absolute Gasteiger partial charge is 0.274 e. The number of carbonyl (C=O) groups excluding carboxylic acids is 1. The van der Waals surface area contributed by atoms with Crippen molar-refractivity contribution in [1.29, 1.82) is 0 Å². The number of amides is 1. The van der Waals surface area contributed by atoms with Crippen LogP contribution in [0.1, 0.15) is 35.3 Å². The fraction of sp³-hybridized carbons (Fsp3) is 0.364. The third-order valence-electron chi connectivity index (χ3n) is 5.30. The molecule has 0 radical (unpaired) electrons. The molecule has 0 spiro atoms. The molecular weight excluding hydrogens is 338 g/mol. The number of aryl methyl sites for hydroxylation is 2. The molecule has 140 valence electrons. The van der Waals surface area contributed by atoms with Crippen LogP contribution < -0.4 is 5.56 Å². The van der Waals surface area contributed by atoms with Crippen LogP contribution in [0.25, 0.3) is 22.0 Å². The molecule has 0 saturated heterocycles. The zero-order valence-corrected chi connectivity index (χ0v) is 16.1. The molecule has 0 bridgehead atoms. The van der Waals surface area contributed by atoms with Gasteiger partial charge in [0.15, 0.2) is 0 Å². The molecule has 1 aliphatic carbocycles. The Bertz CT molecular complexity index is 1070. The summed E-state index contributed by atoms with van der Waals surface area (Å²) >= 11 is 0.